The summed E-state index contributed by atoms with van der Waals surface area (Å²) in [6.07, 6.45) is 9.41. The Morgan fingerprint density at radius 2 is 1.08 bits per heavy atom. The van der Waals surface area contributed by atoms with Gasteiger partial charge in [0.2, 0.25) is 10.4 Å². The fraction of sp³-hybridized carbons (Fsp3) is 0.875. The van der Waals surface area contributed by atoms with Crippen molar-refractivity contribution in [3.8, 4) is 0 Å². The summed E-state index contributed by atoms with van der Waals surface area (Å²) in [6.45, 7) is 12.4. The maximum absolute atomic E-state index is 10.3. The Morgan fingerprint density at radius 1 is 0.737 bits per heavy atom. The molecule has 0 fully saturated rings. The van der Waals surface area contributed by atoms with E-state index in [1.54, 1.807) is 0 Å². The van der Waals surface area contributed by atoms with Crippen molar-refractivity contribution in [2.45, 2.75) is 110 Å². The third kappa shape index (κ3) is 33.2. The van der Waals surface area contributed by atoms with E-state index in [0.29, 0.717) is 6.42 Å². The third-order valence-corrected chi connectivity index (χ3v) is 5.81. The summed E-state index contributed by atoms with van der Waals surface area (Å²) >= 11 is 0. The minimum Gasteiger partial charge on any atom is -0.726 e. The van der Waals surface area contributed by atoms with E-state index in [9.17, 15) is 27.4 Å². The van der Waals surface area contributed by atoms with Gasteiger partial charge in [-0.1, -0.05) is 85.5 Å². The van der Waals surface area contributed by atoms with Gasteiger partial charge in [0.25, 0.3) is 0 Å². The Bertz CT molecular complexity index is 680. The van der Waals surface area contributed by atoms with Crippen molar-refractivity contribution in [3.05, 3.63) is 0 Å². The molecule has 0 unspecified atom stereocenters. The number of aliphatic carboxylic acids is 3. The summed E-state index contributed by atoms with van der Waals surface area (Å²) in [5.74, 6) is -5.02. The van der Waals surface area contributed by atoms with Crippen LogP contribution in [-0.4, -0.2) is 88.0 Å². The van der Waals surface area contributed by atoms with Crippen LogP contribution < -0.4 is 29.6 Å². The van der Waals surface area contributed by atoms with Gasteiger partial charge in [0.1, 0.15) is 0 Å². The number of rotatable bonds is 20. The van der Waals surface area contributed by atoms with Gasteiger partial charge in [0.05, 0.1) is 19.4 Å². The third-order valence-electron chi connectivity index (χ3n) is 5.35. The van der Waals surface area contributed by atoms with Crippen LogP contribution in [-0.2, 0) is 29.0 Å². The zero-order chi connectivity index (χ0) is 29.3. The van der Waals surface area contributed by atoms with E-state index in [4.69, 9.17) is 20.4 Å². The van der Waals surface area contributed by atoms with Crippen LogP contribution in [0.25, 0.3) is 0 Å². The molecule has 14 heteroatoms. The number of carboxylic acids is 3. The molecular formula is C24H48NNaO11S. The summed E-state index contributed by atoms with van der Waals surface area (Å²) in [7, 11) is -4.48. The van der Waals surface area contributed by atoms with Gasteiger partial charge in [-0.05, 0) is 26.1 Å². The number of aliphatic hydroxyl groups is 1. The minimum absolute atomic E-state index is 0. The quantitative estimate of drug-likeness (QED) is 0.0672. The second-order valence-corrected chi connectivity index (χ2v) is 9.56. The maximum atomic E-state index is 10.3. The molecule has 0 aromatic carbocycles. The van der Waals surface area contributed by atoms with Crippen molar-refractivity contribution in [2.24, 2.45) is 0 Å². The molecule has 0 saturated carbocycles. The van der Waals surface area contributed by atoms with Crippen LogP contribution in [0.2, 0.25) is 0 Å². The molecule has 0 heterocycles. The maximum Gasteiger partial charge on any atom is 1.00 e. The Kier molecular flexibility index (Phi) is 32.3. The molecule has 0 aliphatic rings. The standard InChI is InChI=1S/C12H26O4S.C6H15N.C6H8O7.Na/c1-2-3-4-5-6-7-8-9-10-11-12-16-17(13,14)15;1-4-7(5-2)6-3;7-3(8)1-6(13,5(11)12)2-4(9)10;/h2-12H2,1H3,(H,13,14,15);4-6H2,1-3H3;13H,1-2H2,(H,7,8)(H,9,10)(H,11,12);/q;;;+1/p-1. The molecule has 38 heavy (non-hydrogen) atoms. The molecule has 222 valence electrons. The van der Waals surface area contributed by atoms with Crippen molar-refractivity contribution in [1.82, 2.24) is 4.90 Å². The van der Waals surface area contributed by atoms with Crippen molar-refractivity contribution in [2.75, 3.05) is 26.2 Å². The molecule has 0 spiro atoms. The van der Waals surface area contributed by atoms with Crippen LogP contribution in [0.3, 0.4) is 0 Å². The van der Waals surface area contributed by atoms with Gasteiger partial charge in [-0.15, -0.1) is 0 Å². The topological polar surface area (TPSA) is 202 Å². The van der Waals surface area contributed by atoms with Crippen LogP contribution in [0.15, 0.2) is 0 Å². The Morgan fingerprint density at radius 3 is 1.32 bits per heavy atom. The Balaban J connectivity index is -0.000000244. The molecule has 0 radical (unpaired) electrons. The first-order valence-electron chi connectivity index (χ1n) is 12.9. The number of hydrogen-bond donors (Lipinski definition) is 4. The first kappa shape index (κ1) is 44.2. The zero-order valence-corrected chi connectivity index (χ0v) is 26.6. The minimum atomic E-state index is -4.48. The summed E-state index contributed by atoms with van der Waals surface area (Å²) < 4.78 is 34.5. The average molecular weight is 582 g/mol. The van der Waals surface area contributed by atoms with Gasteiger partial charge < -0.3 is 29.9 Å². The van der Waals surface area contributed by atoms with E-state index in [1.807, 2.05) is 0 Å². The zero-order valence-electron chi connectivity index (χ0n) is 23.8. The van der Waals surface area contributed by atoms with Crippen molar-refractivity contribution < 1.29 is 81.5 Å². The molecular weight excluding hydrogens is 533 g/mol. The second kappa shape index (κ2) is 27.8. The van der Waals surface area contributed by atoms with Gasteiger partial charge >= 0.3 is 47.5 Å². The van der Waals surface area contributed by atoms with E-state index in [2.05, 4.69) is 36.8 Å². The van der Waals surface area contributed by atoms with Crippen LogP contribution in [0.1, 0.15) is 105 Å². The van der Waals surface area contributed by atoms with E-state index in [-0.39, 0.29) is 36.2 Å². The molecule has 0 rings (SSSR count). The van der Waals surface area contributed by atoms with Crippen molar-refractivity contribution in [3.63, 3.8) is 0 Å². The summed E-state index contributed by atoms with van der Waals surface area (Å²) in [5, 5.41) is 33.8. The first-order chi connectivity index (χ1) is 17.2. The number of carboxylic acid groups (broad SMARTS) is 3. The van der Waals surface area contributed by atoms with Crippen LogP contribution in [0.5, 0.6) is 0 Å². The van der Waals surface area contributed by atoms with Crippen LogP contribution in [0, 0.1) is 0 Å². The summed E-state index contributed by atoms with van der Waals surface area (Å²) in [5.41, 5.74) is -2.74. The Labute approximate surface area is 250 Å². The molecule has 12 nitrogen and oxygen atoms in total. The van der Waals surface area contributed by atoms with Crippen LogP contribution in [0.4, 0.5) is 0 Å². The van der Waals surface area contributed by atoms with Gasteiger partial charge in [-0.25, -0.2) is 13.2 Å². The van der Waals surface area contributed by atoms with Gasteiger partial charge in [-0.2, -0.15) is 0 Å². The molecule has 0 aromatic heterocycles. The first-order valence-corrected chi connectivity index (χ1v) is 14.2. The summed E-state index contributed by atoms with van der Waals surface area (Å²) in [4.78, 5) is 32.9. The molecule has 0 aliphatic heterocycles. The average Bonchev–Trinajstić information content (AvgIpc) is 2.77. The normalized spacial score (nSPS) is 10.9. The molecule has 0 atom stereocenters. The van der Waals surface area contributed by atoms with E-state index in [0.717, 1.165) is 12.8 Å². The molecule has 0 bridgehead atoms. The second-order valence-electron chi connectivity index (χ2n) is 8.51. The fourth-order valence-electron chi connectivity index (χ4n) is 3.14. The van der Waals surface area contributed by atoms with Gasteiger partial charge in [0, 0.05) is 0 Å². The monoisotopic (exact) mass is 581 g/mol. The SMILES string of the molecule is CCCCCCCCCCCCOS(=O)(=O)[O-].CCN(CC)CC.O=C(O)CC(O)(CC(=O)O)C(=O)O.[Na+]. The van der Waals surface area contributed by atoms with Gasteiger partial charge in [-0.3, -0.25) is 13.8 Å². The van der Waals surface area contributed by atoms with Crippen LogP contribution >= 0.6 is 0 Å². The number of carbonyl (C=O) groups is 3. The molecule has 0 aromatic rings. The number of unbranched alkanes of at least 4 members (excludes halogenated alkanes) is 9. The molecule has 0 aliphatic carbocycles. The summed E-state index contributed by atoms with van der Waals surface area (Å²) in [6, 6.07) is 0. The molecule has 0 amide bonds. The Hall–Kier alpha value is -0.800. The fourth-order valence-corrected chi connectivity index (χ4v) is 3.46. The van der Waals surface area contributed by atoms with E-state index < -0.39 is 46.7 Å². The molecule has 0 saturated heterocycles. The number of hydrogen-bond acceptors (Lipinski definition) is 9. The predicted octanol–water partition coefficient (Wildman–Crippen LogP) is 0.488. The van der Waals surface area contributed by atoms with Crippen molar-refractivity contribution in [1.29, 1.82) is 0 Å². The predicted molar refractivity (Wildman–Crippen MR) is 138 cm³/mol. The number of nitrogens with zero attached hydrogens (tertiary/aromatic N) is 1. The van der Waals surface area contributed by atoms with Gasteiger partial charge in [0.15, 0.2) is 5.60 Å². The van der Waals surface area contributed by atoms with E-state index in [1.165, 1.54) is 64.6 Å². The van der Waals surface area contributed by atoms with E-state index >= 15 is 0 Å². The smallest absolute Gasteiger partial charge is 0.726 e. The molecule has 4 N–H and O–H groups in total. The van der Waals surface area contributed by atoms with Crippen molar-refractivity contribution >= 4 is 28.3 Å². The largest absolute Gasteiger partial charge is 1.00 e.